The molecular weight excluding hydrogens is 356 g/mol. The van der Waals surface area contributed by atoms with Gasteiger partial charge in [0.25, 0.3) is 11.5 Å². The number of ether oxygens (including phenoxy) is 1. The summed E-state index contributed by atoms with van der Waals surface area (Å²) in [5.41, 5.74) is 0.903. The lowest BCUT2D eigenvalue weighted by molar-refractivity contribution is 0.0162. The lowest BCUT2D eigenvalue weighted by atomic mass is 10.0. The molecule has 138 valence electrons. The number of carbonyl (C=O) groups excluding carboxylic acids is 1. The van der Waals surface area contributed by atoms with E-state index in [0.717, 1.165) is 23.3 Å². The van der Waals surface area contributed by atoms with Crippen molar-refractivity contribution < 1.29 is 9.53 Å². The molecule has 2 heterocycles. The summed E-state index contributed by atoms with van der Waals surface area (Å²) in [4.78, 5) is 26.1. The first kappa shape index (κ1) is 18.6. The number of carbonyl (C=O) groups is 1. The van der Waals surface area contributed by atoms with E-state index in [4.69, 9.17) is 16.3 Å². The second-order valence-electron chi connectivity index (χ2n) is 6.08. The Bertz CT molecular complexity index is 833. The van der Waals surface area contributed by atoms with Gasteiger partial charge in [0.15, 0.2) is 0 Å². The molecule has 8 heteroatoms. The molecule has 1 atom stereocenters. The quantitative estimate of drug-likeness (QED) is 0.849. The van der Waals surface area contributed by atoms with Crippen LogP contribution in [0.1, 0.15) is 22.1 Å². The van der Waals surface area contributed by atoms with Crippen molar-refractivity contribution in [2.24, 2.45) is 7.05 Å². The Morgan fingerprint density at radius 1 is 1.27 bits per heavy atom. The van der Waals surface area contributed by atoms with Crippen LogP contribution in [0, 0.1) is 0 Å². The van der Waals surface area contributed by atoms with E-state index >= 15 is 0 Å². The third kappa shape index (κ3) is 4.30. The zero-order valence-corrected chi connectivity index (χ0v) is 15.3. The lowest BCUT2D eigenvalue weighted by Crippen LogP contribution is -2.44. The highest BCUT2D eigenvalue weighted by Gasteiger charge is 2.25. The number of hydrogen-bond donors (Lipinski definition) is 1. The van der Waals surface area contributed by atoms with Crippen LogP contribution in [0.4, 0.5) is 0 Å². The molecule has 1 aliphatic heterocycles. The molecule has 2 aromatic rings. The summed E-state index contributed by atoms with van der Waals surface area (Å²) in [6, 6.07) is 10.3. The fourth-order valence-corrected chi connectivity index (χ4v) is 3.24. The van der Waals surface area contributed by atoms with Crippen LogP contribution >= 0.6 is 11.6 Å². The van der Waals surface area contributed by atoms with Crippen LogP contribution in [0.5, 0.6) is 0 Å². The average Bonchev–Trinajstić information content (AvgIpc) is 2.66. The van der Waals surface area contributed by atoms with Crippen molar-refractivity contribution in [1.82, 2.24) is 20.0 Å². The van der Waals surface area contributed by atoms with Gasteiger partial charge in [0.1, 0.15) is 5.69 Å². The number of halogens is 1. The van der Waals surface area contributed by atoms with Crippen LogP contribution in [-0.2, 0) is 11.8 Å². The summed E-state index contributed by atoms with van der Waals surface area (Å²) in [6.45, 7) is 3.22. The van der Waals surface area contributed by atoms with Gasteiger partial charge in [0.2, 0.25) is 0 Å². The van der Waals surface area contributed by atoms with Crippen LogP contribution in [0.3, 0.4) is 0 Å². The third-order valence-electron chi connectivity index (χ3n) is 4.40. The highest BCUT2D eigenvalue weighted by atomic mass is 35.5. The normalized spacial score (nSPS) is 16.2. The maximum atomic E-state index is 12.4. The molecule has 1 amide bonds. The zero-order valence-electron chi connectivity index (χ0n) is 14.5. The molecular formula is C18H21ClN4O3. The molecule has 0 bridgehead atoms. The molecule has 3 rings (SSSR count). The lowest BCUT2D eigenvalue weighted by Gasteiger charge is -2.35. The predicted molar refractivity (Wildman–Crippen MR) is 98.4 cm³/mol. The summed E-state index contributed by atoms with van der Waals surface area (Å²) < 4.78 is 6.57. The second-order valence-corrected chi connectivity index (χ2v) is 6.48. The smallest absolute Gasteiger partial charge is 0.271 e. The molecule has 0 unspecified atom stereocenters. The fourth-order valence-electron chi connectivity index (χ4n) is 2.97. The highest BCUT2D eigenvalue weighted by Crippen LogP contribution is 2.27. The predicted octanol–water partition coefficient (Wildman–Crippen LogP) is 1.24. The standard InChI is InChI=1S/C18H21ClN4O3/c1-22-17(24)7-6-15(21-22)18(25)20-12-16(23-8-10-26-11-9-23)13-4-2-3-5-14(13)19/h2-7,16H,8-12H2,1H3,(H,20,25)/t16-/m1/s1. The first-order chi connectivity index (χ1) is 12.6. The van der Waals surface area contributed by atoms with Crippen molar-refractivity contribution in [2.45, 2.75) is 6.04 Å². The Morgan fingerprint density at radius 2 is 2.00 bits per heavy atom. The van der Waals surface area contributed by atoms with E-state index in [-0.39, 0.29) is 23.2 Å². The molecule has 7 nitrogen and oxygen atoms in total. The van der Waals surface area contributed by atoms with Crippen LogP contribution < -0.4 is 10.9 Å². The van der Waals surface area contributed by atoms with Crippen molar-refractivity contribution in [1.29, 1.82) is 0 Å². The van der Waals surface area contributed by atoms with Gasteiger partial charge in [0.05, 0.1) is 19.3 Å². The molecule has 0 saturated carbocycles. The molecule has 1 N–H and O–H groups in total. The van der Waals surface area contributed by atoms with E-state index in [2.05, 4.69) is 15.3 Å². The fraction of sp³-hybridized carbons (Fsp3) is 0.389. The highest BCUT2D eigenvalue weighted by molar-refractivity contribution is 6.31. The molecule has 0 radical (unpaired) electrons. The monoisotopic (exact) mass is 376 g/mol. The molecule has 0 aliphatic carbocycles. The minimum atomic E-state index is -0.328. The molecule has 26 heavy (non-hydrogen) atoms. The van der Waals surface area contributed by atoms with Gasteiger partial charge in [-0.1, -0.05) is 29.8 Å². The van der Waals surface area contributed by atoms with Gasteiger partial charge in [-0.3, -0.25) is 14.5 Å². The Balaban J connectivity index is 1.77. The molecule has 0 spiro atoms. The number of hydrogen-bond acceptors (Lipinski definition) is 5. The van der Waals surface area contributed by atoms with E-state index in [1.54, 1.807) is 0 Å². The summed E-state index contributed by atoms with van der Waals surface area (Å²) in [6.07, 6.45) is 0. The van der Waals surface area contributed by atoms with Crippen LogP contribution in [0.15, 0.2) is 41.2 Å². The first-order valence-corrected chi connectivity index (χ1v) is 8.83. The van der Waals surface area contributed by atoms with E-state index in [1.165, 1.54) is 19.2 Å². The number of benzene rings is 1. The molecule has 1 aliphatic rings. The maximum absolute atomic E-state index is 12.4. The Kier molecular flexibility index (Phi) is 6.03. The number of morpholine rings is 1. The van der Waals surface area contributed by atoms with Gasteiger partial charge in [-0.2, -0.15) is 5.10 Å². The minimum absolute atomic E-state index is 0.0657. The summed E-state index contributed by atoms with van der Waals surface area (Å²) >= 11 is 6.39. The van der Waals surface area contributed by atoms with Gasteiger partial charge in [-0.05, 0) is 17.7 Å². The average molecular weight is 377 g/mol. The van der Waals surface area contributed by atoms with Crippen molar-refractivity contribution in [2.75, 3.05) is 32.8 Å². The zero-order chi connectivity index (χ0) is 18.5. The summed E-state index contributed by atoms with van der Waals surface area (Å²) in [7, 11) is 1.51. The van der Waals surface area contributed by atoms with Gasteiger partial charge in [-0.25, -0.2) is 4.68 Å². The van der Waals surface area contributed by atoms with Crippen molar-refractivity contribution in [3.8, 4) is 0 Å². The van der Waals surface area contributed by atoms with Crippen molar-refractivity contribution in [3.63, 3.8) is 0 Å². The second kappa shape index (κ2) is 8.44. The van der Waals surface area contributed by atoms with Crippen LogP contribution in [0.2, 0.25) is 5.02 Å². The Hall–Kier alpha value is -2.22. The van der Waals surface area contributed by atoms with E-state index < -0.39 is 0 Å². The van der Waals surface area contributed by atoms with E-state index in [9.17, 15) is 9.59 Å². The molecule has 1 aromatic carbocycles. The SMILES string of the molecule is Cn1nc(C(=O)NC[C@H](c2ccccc2Cl)N2CCOCC2)ccc1=O. The topological polar surface area (TPSA) is 76.5 Å². The van der Waals surface area contributed by atoms with Crippen LogP contribution in [-0.4, -0.2) is 53.4 Å². The largest absolute Gasteiger partial charge is 0.379 e. The molecule has 1 saturated heterocycles. The Morgan fingerprint density at radius 3 is 2.69 bits per heavy atom. The van der Waals surface area contributed by atoms with Gasteiger partial charge < -0.3 is 10.1 Å². The number of nitrogens with zero attached hydrogens (tertiary/aromatic N) is 3. The summed E-state index contributed by atoms with van der Waals surface area (Å²) in [5.74, 6) is -0.328. The van der Waals surface area contributed by atoms with E-state index in [1.807, 2.05) is 24.3 Å². The number of aromatic nitrogens is 2. The Labute approximate surface area is 156 Å². The third-order valence-corrected chi connectivity index (χ3v) is 4.74. The summed E-state index contributed by atoms with van der Waals surface area (Å²) in [5, 5.41) is 7.56. The van der Waals surface area contributed by atoms with Crippen molar-refractivity contribution in [3.05, 3.63) is 63.0 Å². The van der Waals surface area contributed by atoms with Gasteiger partial charge in [-0.15, -0.1) is 0 Å². The van der Waals surface area contributed by atoms with Gasteiger partial charge >= 0.3 is 0 Å². The first-order valence-electron chi connectivity index (χ1n) is 8.45. The molecule has 1 fully saturated rings. The molecule has 1 aromatic heterocycles. The number of rotatable bonds is 5. The minimum Gasteiger partial charge on any atom is -0.379 e. The van der Waals surface area contributed by atoms with Crippen molar-refractivity contribution >= 4 is 17.5 Å². The van der Waals surface area contributed by atoms with Crippen LogP contribution in [0.25, 0.3) is 0 Å². The van der Waals surface area contributed by atoms with Gasteiger partial charge in [0, 0.05) is 37.8 Å². The number of nitrogens with one attached hydrogen (secondary N) is 1. The number of amides is 1. The number of aryl methyl sites for hydroxylation is 1. The maximum Gasteiger partial charge on any atom is 0.271 e. The van der Waals surface area contributed by atoms with E-state index in [0.29, 0.717) is 24.8 Å².